The normalized spacial score (nSPS) is 10.3. The molecule has 0 amide bonds. The van der Waals surface area contributed by atoms with Crippen LogP contribution in [0.5, 0.6) is 11.5 Å². The second-order valence-corrected chi connectivity index (χ2v) is 6.16. The van der Waals surface area contributed by atoms with Crippen LogP contribution < -0.4 is 4.74 Å². The van der Waals surface area contributed by atoms with E-state index in [1.165, 1.54) is 3.57 Å². The van der Waals surface area contributed by atoms with Crippen LogP contribution in [0.25, 0.3) is 0 Å². The first-order chi connectivity index (χ1) is 8.19. The van der Waals surface area contributed by atoms with Gasteiger partial charge in [-0.1, -0.05) is 31.9 Å². The van der Waals surface area contributed by atoms with E-state index in [4.69, 9.17) is 4.74 Å². The van der Waals surface area contributed by atoms with Crippen molar-refractivity contribution in [2.45, 2.75) is 5.33 Å². The summed E-state index contributed by atoms with van der Waals surface area (Å²) in [6, 6.07) is 14.0. The van der Waals surface area contributed by atoms with Crippen LogP contribution in [0.2, 0.25) is 0 Å². The average Bonchev–Trinajstić information content (AvgIpc) is 2.34. The van der Waals surface area contributed by atoms with Crippen LogP contribution in [-0.2, 0) is 5.33 Å². The first-order valence-electron chi connectivity index (χ1n) is 4.97. The van der Waals surface area contributed by atoms with E-state index in [9.17, 15) is 0 Å². The molecule has 0 aliphatic heterocycles. The molecule has 1 nitrogen and oxygen atoms in total. The molecule has 0 unspecified atom stereocenters. The van der Waals surface area contributed by atoms with Gasteiger partial charge in [0, 0.05) is 18.9 Å². The second-order valence-electron chi connectivity index (χ2n) is 3.44. The maximum atomic E-state index is 5.86. The van der Waals surface area contributed by atoms with Gasteiger partial charge < -0.3 is 4.74 Å². The first-order valence-corrected chi connectivity index (χ1v) is 7.96. The van der Waals surface area contributed by atoms with E-state index in [2.05, 4.69) is 60.5 Å². The molecule has 0 heterocycles. The highest BCUT2D eigenvalue weighted by Crippen LogP contribution is 2.29. The molecule has 17 heavy (non-hydrogen) atoms. The quantitative estimate of drug-likeness (QED) is 0.413. The average molecular weight is 468 g/mol. The molecule has 0 saturated carbocycles. The Kier molecular flexibility index (Phi) is 4.87. The largest absolute Gasteiger partial charge is 0.457 e. The van der Waals surface area contributed by atoms with Gasteiger partial charge in [-0.05, 0) is 65.1 Å². The lowest BCUT2D eigenvalue weighted by atomic mass is 10.2. The Morgan fingerprint density at radius 3 is 2.41 bits per heavy atom. The predicted molar refractivity (Wildman–Crippen MR) is 86.0 cm³/mol. The van der Waals surface area contributed by atoms with Crippen molar-refractivity contribution in [3.8, 4) is 11.5 Å². The maximum absolute atomic E-state index is 5.86. The van der Waals surface area contributed by atoms with E-state index in [1.807, 2.05) is 36.4 Å². The van der Waals surface area contributed by atoms with Crippen LogP contribution in [0.15, 0.2) is 46.9 Å². The van der Waals surface area contributed by atoms with Crippen LogP contribution in [0.1, 0.15) is 5.56 Å². The summed E-state index contributed by atoms with van der Waals surface area (Å²) < 4.78 is 8.11. The van der Waals surface area contributed by atoms with Crippen molar-refractivity contribution in [2.75, 3.05) is 0 Å². The summed E-state index contributed by atoms with van der Waals surface area (Å²) in [6.07, 6.45) is 0. The molecule has 0 N–H and O–H groups in total. The van der Waals surface area contributed by atoms with Crippen molar-refractivity contribution in [3.05, 3.63) is 56.1 Å². The number of halogens is 3. The Morgan fingerprint density at radius 2 is 1.76 bits per heavy atom. The molecule has 2 rings (SSSR count). The van der Waals surface area contributed by atoms with Crippen LogP contribution in [0.4, 0.5) is 0 Å². The van der Waals surface area contributed by atoms with Crippen molar-refractivity contribution >= 4 is 54.5 Å². The lowest BCUT2D eigenvalue weighted by Crippen LogP contribution is -1.89. The molecule has 0 fully saturated rings. The minimum Gasteiger partial charge on any atom is -0.457 e. The van der Waals surface area contributed by atoms with Crippen molar-refractivity contribution < 1.29 is 4.74 Å². The number of alkyl halides is 1. The fraction of sp³-hybridized carbons (Fsp3) is 0.0769. The van der Waals surface area contributed by atoms with Crippen LogP contribution in [0, 0.1) is 3.57 Å². The zero-order valence-corrected chi connectivity index (χ0v) is 14.1. The summed E-state index contributed by atoms with van der Waals surface area (Å²) in [5.41, 5.74) is 1.12. The van der Waals surface area contributed by atoms with Gasteiger partial charge in [0.1, 0.15) is 11.5 Å². The molecule has 0 radical (unpaired) electrons. The fourth-order valence-electron chi connectivity index (χ4n) is 1.38. The van der Waals surface area contributed by atoms with Crippen LogP contribution in [-0.4, -0.2) is 0 Å². The van der Waals surface area contributed by atoms with Gasteiger partial charge in [-0.3, -0.25) is 0 Å². The molecule has 0 spiro atoms. The van der Waals surface area contributed by atoms with Gasteiger partial charge in [-0.2, -0.15) is 0 Å². The Balaban J connectivity index is 2.26. The molecule has 0 atom stereocenters. The van der Waals surface area contributed by atoms with Gasteiger partial charge >= 0.3 is 0 Å². The number of hydrogen-bond acceptors (Lipinski definition) is 1. The Morgan fingerprint density at radius 1 is 1.06 bits per heavy atom. The third kappa shape index (κ3) is 3.69. The van der Waals surface area contributed by atoms with E-state index in [0.29, 0.717) is 0 Å². The smallest absolute Gasteiger partial charge is 0.131 e. The SMILES string of the molecule is BrCc1cc(Br)ccc1Oc1ccc(I)cc1. The molecule has 0 saturated heterocycles. The standard InChI is InChI=1S/C13H9Br2IO/c14-8-9-7-10(15)1-6-13(9)17-12-4-2-11(16)3-5-12/h1-7H,8H2. The first kappa shape index (κ1) is 13.4. The van der Waals surface area contributed by atoms with Crippen molar-refractivity contribution in [3.63, 3.8) is 0 Å². The van der Waals surface area contributed by atoms with E-state index in [-0.39, 0.29) is 0 Å². The molecule has 0 aliphatic carbocycles. The van der Waals surface area contributed by atoms with E-state index >= 15 is 0 Å². The molecule has 88 valence electrons. The monoisotopic (exact) mass is 466 g/mol. The zero-order chi connectivity index (χ0) is 12.3. The highest BCUT2D eigenvalue weighted by atomic mass is 127. The minimum atomic E-state index is 0.770. The van der Waals surface area contributed by atoms with Gasteiger partial charge in [-0.15, -0.1) is 0 Å². The fourth-order valence-corrected chi connectivity index (χ4v) is 2.59. The molecular formula is C13H9Br2IO. The van der Waals surface area contributed by atoms with Gasteiger partial charge in [0.25, 0.3) is 0 Å². The van der Waals surface area contributed by atoms with Crippen LogP contribution >= 0.6 is 54.5 Å². The third-order valence-corrected chi connectivity index (χ3v) is 4.02. The predicted octanol–water partition coefficient (Wildman–Crippen LogP) is 5.74. The van der Waals surface area contributed by atoms with Crippen molar-refractivity contribution in [2.24, 2.45) is 0 Å². The summed E-state index contributed by atoms with van der Waals surface area (Å²) in [7, 11) is 0. The van der Waals surface area contributed by atoms with Crippen LogP contribution in [0.3, 0.4) is 0 Å². The molecule has 0 bridgehead atoms. The molecule has 4 heteroatoms. The van der Waals surface area contributed by atoms with Gasteiger partial charge in [0.15, 0.2) is 0 Å². The summed E-state index contributed by atoms with van der Waals surface area (Å²) in [6.45, 7) is 0. The zero-order valence-electron chi connectivity index (χ0n) is 8.79. The molecule has 2 aromatic rings. The topological polar surface area (TPSA) is 9.23 Å². The molecule has 2 aromatic carbocycles. The second kappa shape index (κ2) is 6.20. The minimum absolute atomic E-state index is 0.770. The Bertz CT molecular complexity index is 511. The van der Waals surface area contributed by atoms with Gasteiger partial charge in [0.05, 0.1) is 0 Å². The summed E-state index contributed by atoms with van der Waals surface area (Å²) in [5, 5.41) is 0.770. The van der Waals surface area contributed by atoms with Crippen molar-refractivity contribution in [1.82, 2.24) is 0 Å². The Labute approximate surface area is 131 Å². The molecular weight excluding hydrogens is 459 g/mol. The lowest BCUT2D eigenvalue weighted by molar-refractivity contribution is 0.478. The highest BCUT2D eigenvalue weighted by molar-refractivity contribution is 14.1. The van der Waals surface area contributed by atoms with E-state index in [0.717, 1.165) is 26.9 Å². The highest BCUT2D eigenvalue weighted by Gasteiger charge is 2.04. The number of hydrogen-bond donors (Lipinski definition) is 0. The molecule has 0 aromatic heterocycles. The Hall–Kier alpha value is -0.0700. The van der Waals surface area contributed by atoms with Gasteiger partial charge in [0.2, 0.25) is 0 Å². The summed E-state index contributed by atoms with van der Waals surface area (Å²) in [4.78, 5) is 0. The van der Waals surface area contributed by atoms with E-state index in [1.54, 1.807) is 0 Å². The summed E-state index contributed by atoms with van der Waals surface area (Å²) in [5.74, 6) is 1.74. The number of benzene rings is 2. The van der Waals surface area contributed by atoms with E-state index < -0.39 is 0 Å². The number of rotatable bonds is 3. The summed E-state index contributed by atoms with van der Waals surface area (Å²) >= 11 is 9.20. The lowest BCUT2D eigenvalue weighted by Gasteiger charge is -2.10. The third-order valence-electron chi connectivity index (χ3n) is 2.21. The molecule has 0 aliphatic rings. The number of ether oxygens (including phenoxy) is 1. The maximum Gasteiger partial charge on any atom is 0.131 e. The van der Waals surface area contributed by atoms with Gasteiger partial charge in [-0.25, -0.2) is 0 Å². The van der Waals surface area contributed by atoms with Crippen molar-refractivity contribution in [1.29, 1.82) is 0 Å².